The van der Waals surface area contributed by atoms with E-state index in [1.165, 1.54) is 5.56 Å². The molecule has 0 radical (unpaired) electrons. The molecule has 0 bridgehead atoms. The van der Waals surface area contributed by atoms with Crippen LogP contribution in [0.4, 0.5) is 5.95 Å². The molecule has 5 aromatic rings. The van der Waals surface area contributed by atoms with Crippen molar-refractivity contribution in [2.75, 3.05) is 11.1 Å². The van der Waals surface area contributed by atoms with E-state index in [1.54, 1.807) is 11.8 Å². The molecule has 0 spiro atoms. The monoisotopic (exact) mass is 524 g/mol. The van der Waals surface area contributed by atoms with Crippen molar-refractivity contribution in [2.45, 2.75) is 24.9 Å². The van der Waals surface area contributed by atoms with Crippen LogP contribution in [0.25, 0.3) is 10.9 Å². The fourth-order valence-electron chi connectivity index (χ4n) is 4.39. The molecule has 3 heterocycles. The number of ether oxygens (including phenoxy) is 2. The van der Waals surface area contributed by atoms with Crippen molar-refractivity contribution in [1.82, 2.24) is 25.6 Å². The minimum Gasteiger partial charge on any atom is -0.489 e. The predicted octanol–water partition coefficient (Wildman–Crippen LogP) is 5.07. The Morgan fingerprint density at radius 2 is 1.95 bits per heavy atom. The van der Waals surface area contributed by atoms with E-state index in [1.807, 2.05) is 60.7 Å². The second kappa shape index (κ2) is 10.9. The molecule has 38 heavy (non-hydrogen) atoms. The van der Waals surface area contributed by atoms with Gasteiger partial charge in [-0.1, -0.05) is 53.6 Å². The van der Waals surface area contributed by atoms with E-state index >= 15 is 0 Å². The van der Waals surface area contributed by atoms with Crippen LogP contribution in [-0.2, 0) is 18.0 Å². The number of aromatic amines is 1. The van der Waals surface area contributed by atoms with Gasteiger partial charge in [-0.15, -0.1) is 16.9 Å². The molecule has 190 valence electrons. The lowest BCUT2D eigenvalue weighted by molar-refractivity contribution is -0.115. The SMILES string of the molecule is O=C(CCSC1c2ccccc2COc2ccc(OCc3ccc4ccccc4n3)cc21)Nc1nn[nH]n1. The van der Waals surface area contributed by atoms with Gasteiger partial charge >= 0.3 is 0 Å². The summed E-state index contributed by atoms with van der Waals surface area (Å²) < 4.78 is 12.4. The molecule has 9 nitrogen and oxygen atoms in total. The highest BCUT2D eigenvalue weighted by Crippen LogP contribution is 2.45. The number of aromatic nitrogens is 5. The van der Waals surface area contributed by atoms with E-state index in [0.717, 1.165) is 39.2 Å². The average Bonchev–Trinajstić information content (AvgIpc) is 3.41. The standard InChI is InChI=1S/C28H24N6O3S/c35-26(30-28-31-33-34-32-28)13-14-38-27-22-7-3-1-6-19(22)16-37-25-12-11-21(15-23(25)27)36-17-20-10-9-18-5-2-4-8-24(18)29-20/h1-12,15,27H,13-14,16-17H2,(H2,30,31,32,33,34,35). The van der Waals surface area contributed by atoms with Crippen molar-refractivity contribution >= 4 is 34.5 Å². The number of tetrazole rings is 1. The largest absolute Gasteiger partial charge is 0.489 e. The average molecular weight is 525 g/mol. The maximum absolute atomic E-state index is 12.4. The number of hydrogen-bond donors (Lipinski definition) is 2. The van der Waals surface area contributed by atoms with Gasteiger partial charge in [-0.05, 0) is 46.7 Å². The summed E-state index contributed by atoms with van der Waals surface area (Å²) in [5.41, 5.74) is 5.12. The number of fused-ring (bicyclic) bond motifs is 3. The molecular formula is C28H24N6O3S. The second-order valence-electron chi connectivity index (χ2n) is 8.76. The van der Waals surface area contributed by atoms with Crippen LogP contribution < -0.4 is 14.8 Å². The Hall–Kier alpha value is -4.44. The molecule has 6 rings (SSSR count). The van der Waals surface area contributed by atoms with Gasteiger partial charge in [-0.2, -0.15) is 5.21 Å². The maximum Gasteiger partial charge on any atom is 0.269 e. The number of anilines is 1. The summed E-state index contributed by atoms with van der Waals surface area (Å²) in [5.74, 6) is 2.14. The highest BCUT2D eigenvalue weighted by Gasteiger charge is 2.26. The van der Waals surface area contributed by atoms with Gasteiger partial charge in [0.05, 0.1) is 16.5 Å². The highest BCUT2D eigenvalue weighted by molar-refractivity contribution is 7.99. The van der Waals surface area contributed by atoms with Crippen LogP contribution in [0.1, 0.15) is 34.1 Å². The van der Waals surface area contributed by atoms with Crippen molar-refractivity contribution in [3.8, 4) is 11.5 Å². The lowest BCUT2D eigenvalue weighted by Crippen LogP contribution is -2.14. The van der Waals surface area contributed by atoms with Gasteiger partial charge in [0, 0.05) is 23.1 Å². The minimum absolute atomic E-state index is 0.0241. The first-order valence-electron chi connectivity index (χ1n) is 12.2. The van der Waals surface area contributed by atoms with E-state index in [-0.39, 0.29) is 17.1 Å². The smallest absolute Gasteiger partial charge is 0.269 e. The number of hydrogen-bond acceptors (Lipinski definition) is 8. The number of nitrogens with one attached hydrogen (secondary N) is 2. The number of amides is 1. The van der Waals surface area contributed by atoms with Crippen molar-refractivity contribution < 1.29 is 14.3 Å². The fourth-order valence-corrected chi connectivity index (χ4v) is 5.71. The van der Waals surface area contributed by atoms with Crippen LogP contribution in [0, 0.1) is 0 Å². The molecule has 1 amide bonds. The van der Waals surface area contributed by atoms with Crippen LogP contribution in [0.3, 0.4) is 0 Å². The Kier molecular flexibility index (Phi) is 6.86. The van der Waals surface area contributed by atoms with Crippen molar-refractivity contribution in [3.63, 3.8) is 0 Å². The van der Waals surface area contributed by atoms with Gasteiger partial charge in [-0.25, -0.2) is 4.98 Å². The first kappa shape index (κ1) is 23.9. The summed E-state index contributed by atoms with van der Waals surface area (Å²) in [6.45, 7) is 0.842. The minimum atomic E-state index is -0.169. The predicted molar refractivity (Wildman–Crippen MR) is 145 cm³/mol. The Morgan fingerprint density at radius 3 is 2.87 bits per heavy atom. The van der Waals surface area contributed by atoms with Crippen LogP contribution in [0.15, 0.2) is 78.9 Å². The number of pyridine rings is 1. The van der Waals surface area contributed by atoms with E-state index < -0.39 is 0 Å². The molecular weight excluding hydrogens is 500 g/mol. The summed E-state index contributed by atoms with van der Waals surface area (Å²) in [6, 6.07) is 26.3. The Balaban J connectivity index is 1.20. The number of carbonyl (C=O) groups is 1. The lowest BCUT2D eigenvalue weighted by atomic mass is 10.00. The summed E-state index contributed by atoms with van der Waals surface area (Å²) >= 11 is 1.69. The molecule has 3 aromatic carbocycles. The van der Waals surface area contributed by atoms with Gasteiger partial charge in [0.1, 0.15) is 24.7 Å². The number of carbonyl (C=O) groups excluding carboxylic acids is 1. The molecule has 1 aliphatic rings. The highest BCUT2D eigenvalue weighted by atomic mass is 32.2. The third-order valence-electron chi connectivity index (χ3n) is 6.24. The molecule has 2 aromatic heterocycles. The molecule has 1 atom stereocenters. The molecule has 2 N–H and O–H groups in total. The van der Waals surface area contributed by atoms with E-state index in [2.05, 4.69) is 44.1 Å². The van der Waals surface area contributed by atoms with Gasteiger partial charge < -0.3 is 9.47 Å². The molecule has 1 unspecified atom stereocenters. The van der Waals surface area contributed by atoms with Crippen molar-refractivity contribution in [2.24, 2.45) is 0 Å². The van der Waals surface area contributed by atoms with E-state index in [0.29, 0.717) is 25.4 Å². The molecule has 0 saturated heterocycles. The summed E-state index contributed by atoms with van der Waals surface area (Å²) in [5, 5.41) is 17.0. The second-order valence-corrected chi connectivity index (χ2v) is 9.97. The molecule has 0 saturated carbocycles. The van der Waals surface area contributed by atoms with Crippen LogP contribution in [0.2, 0.25) is 0 Å². The maximum atomic E-state index is 12.4. The third kappa shape index (κ3) is 5.30. The number of para-hydroxylation sites is 1. The van der Waals surface area contributed by atoms with Gasteiger partial charge in [0.25, 0.3) is 5.95 Å². The van der Waals surface area contributed by atoms with Gasteiger partial charge in [0.2, 0.25) is 5.91 Å². The Morgan fingerprint density at radius 1 is 1.05 bits per heavy atom. The summed E-state index contributed by atoms with van der Waals surface area (Å²) in [7, 11) is 0. The summed E-state index contributed by atoms with van der Waals surface area (Å²) in [6.07, 6.45) is 0.303. The van der Waals surface area contributed by atoms with Gasteiger partial charge in [-0.3, -0.25) is 10.1 Å². The number of benzene rings is 3. The van der Waals surface area contributed by atoms with Gasteiger partial charge in [0.15, 0.2) is 0 Å². The zero-order chi connectivity index (χ0) is 25.7. The van der Waals surface area contributed by atoms with Crippen LogP contribution in [0.5, 0.6) is 11.5 Å². The fraction of sp³-hybridized carbons (Fsp3) is 0.179. The van der Waals surface area contributed by atoms with E-state index in [9.17, 15) is 4.79 Å². The number of H-pyrrole nitrogens is 1. The lowest BCUT2D eigenvalue weighted by Gasteiger charge is -2.19. The first-order chi connectivity index (χ1) is 18.7. The normalized spacial score (nSPS) is 14.2. The first-order valence-corrected chi connectivity index (χ1v) is 13.2. The zero-order valence-electron chi connectivity index (χ0n) is 20.3. The van der Waals surface area contributed by atoms with Crippen molar-refractivity contribution in [1.29, 1.82) is 0 Å². The third-order valence-corrected chi connectivity index (χ3v) is 7.52. The molecule has 10 heteroatoms. The molecule has 0 aliphatic carbocycles. The number of nitrogens with zero attached hydrogens (tertiary/aromatic N) is 4. The number of rotatable bonds is 8. The number of thioether (sulfide) groups is 1. The summed E-state index contributed by atoms with van der Waals surface area (Å²) in [4.78, 5) is 17.1. The topological polar surface area (TPSA) is 115 Å². The Labute approximate surface area is 223 Å². The van der Waals surface area contributed by atoms with Crippen LogP contribution in [-0.4, -0.2) is 37.3 Å². The Bertz CT molecular complexity index is 1580. The van der Waals surface area contributed by atoms with E-state index in [4.69, 9.17) is 14.5 Å². The van der Waals surface area contributed by atoms with Crippen LogP contribution >= 0.6 is 11.8 Å². The molecule has 1 aliphatic heterocycles. The quantitative estimate of drug-likeness (QED) is 0.289. The molecule has 0 fully saturated rings. The van der Waals surface area contributed by atoms with Crippen molar-refractivity contribution in [3.05, 3.63) is 101 Å². The zero-order valence-corrected chi connectivity index (χ0v) is 21.1.